The first-order valence-electron chi connectivity index (χ1n) is 6.84. The van der Waals surface area contributed by atoms with Crippen LogP contribution in [0.2, 0.25) is 0 Å². The summed E-state index contributed by atoms with van der Waals surface area (Å²) in [5.74, 6) is -1.19. The first-order valence-corrected chi connectivity index (χ1v) is 6.84. The molecule has 1 aromatic rings. The van der Waals surface area contributed by atoms with Crippen LogP contribution in [0.15, 0.2) is 42.5 Å². The second kappa shape index (κ2) is 8.15. The minimum Gasteiger partial charge on any atom is -0.478 e. The van der Waals surface area contributed by atoms with Gasteiger partial charge in [-0.05, 0) is 11.5 Å². The molecule has 4 heteroatoms. The molecule has 0 aliphatic carbocycles. The molecule has 0 spiro atoms. The molecule has 0 aliphatic heterocycles. The molecule has 20 heavy (non-hydrogen) atoms. The Labute approximate surface area is 119 Å². The number of carbonyl (C=O) groups excluding carboxylic acids is 1. The standard InChI is InChI=1S/C16H21NO3/c1-3-12(4-2)16(13-8-6-5-7-9-13)17-14(18)10-11-15(19)20/h5-12,16H,3-4H2,1-2H3,(H,17,18)(H,19,20)/b11-10+. The van der Waals surface area contributed by atoms with Gasteiger partial charge in [-0.2, -0.15) is 0 Å². The summed E-state index contributed by atoms with van der Waals surface area (Å²) in [4.78, 5) is 22.2. The number of carboxylic acids is 1. The quantitative estimate of drug-likeness (QED) is 0.752. The van der Waals surface area contributed by atoms with Crippen LogP contribution in [0.4, 0.5) is 0 Å². The van der Waals surface area contributed by atoms with Crippen LogP contribution in [-0.2, 0) is 9.59 Å². The maximum absolute atomic E-state index is 11.8. The van der Waals surface area contributed by atoms with Crippen molar-refractivity contribution in [1.29, 1.82) is 0 Å². The van der Waals surface area contributed by atoms with E-state index >= 15 is 0 Å². The van der Waals surface area contributed by atoms with E-state index in [1.165, 1.54) is 0 Å². The molecule has 0 aromatic heterocycles. The fourth-order valence-electron chi connectivity index (χ4n) is 2.24. The van der Waals surface area contributed by atoms with E-state index < -0.39 is 5.97 Å². The summed E-state index contributed by atoms with van der Waals surface area (Å²) in [6.07, 6.45) is 3.79. The number of carbonyl (C=O) groups is 2. The number of benzene rings is 1. The molecule has 0 radical (unpaired) electrons. The van der Waals surface area contributed by atoms with E-state index in [0.717, 1.165) is 30.6 Å². The van der Waals surface area contributed by atoms with Crippen molar-refractivity contribution in [3.05, 3.63) is 48.0 Å². The molecule has 0 fully saturated rings. The monoisotopic (exact) mass is 275 g/mol. The molecule has 2 N–H and O–H groups in total. The van der Waals surface area contributed by atoms with Crippen molar-refractivity contribution in [3.63, 3.8) is 0 Å². The van der Waals surface area contributed by atoms with Crippen molar-refractivity contribution < 1.29 is 14.7 Å². The fraction of sp³-hybridized carbons (Fsp3) is 0.375. The van der Waals surface area contributed by atoms with Gasteiger partial charge in [0.1, 0.15) is 0 Å². The smallest absolute Gasteiger partial charge is 0.328 e. The summed E-state index contributed by atoms with van der Waals surface area (Å²) in [6.45, 7) is 4.17. The number of carboxylic acid groups (broad SMARTS) is 1. The molecule has 1 unspecified atom stereocenters. The Kier molecular flexibility index (Phi) is 6.50. The summed E-state index contributed by atoms with van der Waals surface area (Å²) < 4.78 is 0. The molecule has 0 heterocycles. The molecule has 0 bridgehead atoms. The average molecular weight is 275 g/mol. The van der Waals surface area contributed by atoms with E-state index in [-0.39, 0.29) is 11.9 Å². The zero-order valence-corrected chi connectivity index (χ0v) is 11.9. The molecule has 0 saturated heterocycles. The van der Waals surface area contributed by atoms with E-state index in [9.17, 15) is 9.59 Å². The minimum atomic E-state index is -1.13. The van der Waals surface area contributed by atoms with Crippen molar-refractivity contribution in [2.45, 2.75) is 32.7 Å². The van der Waals surface area contributed by atoms with E-state index in [4.69, 9.17) is 5.11 Å². The van der Waals surface area contributed by atoms with Gasteiger partial charge in [0.25, 0.3) is 0 Å². The Morgan fingerprint density at radius 2 is 1.75 bits per heavy atom. The number of hydrogen-bond acceptors (Lipinski definition) is 2. The summed E-state index contributed by atoms with van der Waals surface area (Å²) in [5.41, 5.74) is 1.04. The second-order valence-corrected chi connectivity index (χ2v) is 4.65. The molecular weight excluding hydrogens is 254 g/mol. The van der Waals surface area contributed by atoms with Gasteiger partial charge in [-0.15, -0.1) is 0 Å². The highest BCUT2D eigenvalue weighted by atomic mass is 16.4. The van der Waals surface area contributed by atoms with Crippen LogP contribution in [-0.4, -0.2) is 17.0 Å². The summed E-state index contributed by atoms with van der Waals surface area (Å²) in [5, 5.41) is 11.4. The van der Waals surface area contributed by atoms with Crippen LogP contribution in [0.25, 0.3) is 0 Å². The van der Waals surface area contributed by atoms with Crippen molar-refractivity contribution in [1.82, 2.24) is 5.32 Å². The van der Waals surface area contributed by atoms with Crippen molar-refractivity contribution in [3.8, 4) is 0 Å². The van der Waals surface area contributed by atoms with E-state index in [1.54, 1.807) is 0 Å². The highest BCUT2D eigenvalue weighted by molar-refractivity contribution is 5.94. The Morgan fingerprint density at radius 1 is 1.15 bits per heavy atom. The molecular formula is C16H21NO3. The molecule has 4 nitrogen and oxygen atoms in total. The van der Waals surface area contributed by atoms with Crippen LogP contribution in [0, 0.1) is 5.92 Å². The first-order chi connectivity index (χ1) is 9.58. The minimum absolute atomic E-state index is 0.0999. The van der Waals surface area contributed by atoms with E-state index in [0.29, 0.717) is 5.92 Å². The molecule has 1 rings (SSSR count). The van der Waals surface area contributed by atoms with Crippen LogP contribution in [0.3, 0.4) is 0 Å². The predicted octanol–water partition coefficient (Wildman–Crippen LogP) is 2.92. The first kappa shape index (κ1) is 16.0. The van der Waals surface area contributed by atoms with Crippen LogP contribution in [0.1, 0.15) is 38.3 Å². The third-order valence-corrected chi connectivity index (χ3v) is 3.35. The van der Waals surface area contributed by atoms with Gasteiger partial charge in [0.05, 0.1) is 6.04 Å². The van der Waals surface area contributed by atoms with Crippen LogP contribution >= 0.6 is 0 Å². The van der Waals surface area contributed by atoms with Gasteiger partial charge >= 0.3 is 5.97 Å². The van der Waals surface area contributed by atoms with Crippen molar-refractivity contribution in [2.75, 3.05) is 0 Å². The molecule has 108 valence electrons. The fourth-order valence-corrected chi connectivity index (χ4v) is 2.24. The molecule has 1 atom stereocenters. The van der Waals surface area contributed by atoms with Crippen molar-refractivity contribution >= 4 is 11.9 Å². The topological polar surface area (TPSA) is 66.4 Å². The summed E-state index contributed by atoms with van der Waals surface area (Å²) in [6, 6.07) is 9.65. The molecule has 1 amide bonds. The normalized spacial score (nSPS) is 12.6. The van der Waals surface area contributed by atoms with Gasteiger partial charge in [0.2, 0.25) is 5.91 Å². The van der Waals surface area contributed by atoms with E-state index in [2.05, 4.69) is 19.2 Å². The summed E-state index contributed by atoms with van der Waals surface area (Å²) in [7, 11) is 0. The predicted molar refractivity (Wildman–Crippen MR) is 78.2 cm³/mol. The second-order valence-electron chi connectivity index (χ2n) is 4.65. The van der Waals surface area contributed by atoms with Gasteiger partial charge < -0.3 is 10.4 Å². The molecule has 0 aliphatic rings. The Balaban J connectivity index is 2.89. The third kappa shape index (κ3) is 4.88. The SMILES string of the molecule is CCC(CC)C(NC(=O)/C=C/C(=O)O)c1ccccc1. The Bertz CT molecular complexity index is 464. The van der Waals surface area contributed by atoms with Gasteiger partial charge in [-0.25, -0.2) is 4.79 Å². The van der Waals surface area contributed by atoms with Gasteiger partial charge in [0.15, 0.2) is 0 Å². The highest BCUT2D eigenvalue weighted by Gasteiger charge is 2.21. The maximum Gasteiger partial charge on any atom is 0.328 e. The molecule has 1 aromatic carbocycles. The van der Waals surface area contributed by atoms with E-state index in [1.807, 2.05) is 30.3 Å². The molecule has 0 saturated carbocycles. The van der Waals surface area contributed by atoms with Gasteiger partial charge in [-0.1, -0.05) is 57.0 Å². The van der Waals surface area contributed by atoms with Crippen LogP contribution in [0.5, 0.6) is 0 Å². The number of rotatable bonds is 7. The lowest BCUT2D eigenvalue weighted by Crippen LogP contribution is -2.32. The maximum atomic E-state index is 11.8. The van der Waals surface area contributed by atoms with Crippen LogP contribution < -0.4 is 5.32 Å². The number of aliphatic carboxylic acids is 1. The van der Waals surface area contributed by atoms with Crippen molar-refractivity contribution in [2.24, 2.45) is 5.92 Å². The zero-order valence-electron chi connectivity index (χ0n) is 11.9. The van der Waals surface area contributed by atoms with Gasteiger partial charge in [0, 0.05) is 12.2 Å². The zero-order chi connectivity index (χ0) is 15.0. The largest absolute Gasteiger partial charge is 0.478 e. The Hall–Kier alpha value is -2.10. The average Bonchev–Trinajstić information content (AvgIpc) is 2.46. The highest BCUT2D eigenvalue weighted by Crippen LogP contribution is 2.27. The Morgan fingerprint density at radius 3 is 2.25 bits per heavy atom. The van der Waals surface area contributed by atoms with Gasteiger partial charge in [-0.3, -0.25) is 4.79 Å². The number of hydrogen-bond donors (Lipinski definition) is 2. The lowest BCUT2D eigenvalue weighted by Gasteiger charge is -2.26. The summed E-state index contributed by atoms with van der Waals surface area (Å²) >= 11 is 0. The lowest BCUT2D eigenvalue weighted by molar-refractivity contribution is -0.131. The third-order valence-electron chi connectivity index (χ3n) is 3.35. The number of amides is 1. The lowest BCUT2D eigenvalue weighted by atomic mass is 9.89. The number of nitrogens with one attached hydrogen (secondary N) is 1.